The molecule has 7 rings (SSSR count). The number of nitrogens with zero attached hydrogens (tertiary/aromatic N) is 2. The van der Waals surface area contributed by atoms with Gasteiger partial charge in [0.25, 0.3) is 5.69 Å². The van der Waals surface area contributed by atoms with Gasteiger partial charge < -0.3 is 38.3 Å². The van der Waals surface area contributed by atoms with E-state index in [1.165, 1.54) is 60.7 Å². The van der Waals surface area contributed by atoms with E-state index < -0.39 is 76.5 Å². The number of aromatic carboxylic acids is 1. The second-order valence-electron chi connectivity index (χ2n) is 16.8. The number of non-ortho nitro benzene ring substituents is 1. The molecule has 0 bridgehead atoms. The minimum atomic E-state index is -1.10. The molecule has 370 valence electrons. The molecule has 1 atom stereocenters. The first-order valence-electron chi connectivity index (χ1n) is 22.8. The first-order chi connectivity index (χ1) is 34.2. The third kappa shape index (κ3) is 13.4. The molecule has 4 aromatic carbocycles. The van der Waals surface area contributed by atoms with Gasteiger partial charge in [0, 0.05) is 30.2 Å². The van der Waals surface area contributed by atoms with Crippen LogP contribution in [0.3, 0.4) is 0 Å². The van der Waals surface area contributed by atoms with E-state index in [9.17, 15) is 43.7 Å². The number of hydrogen-bond acceptors (Lipinski definition) is 18. The zero-order chi connectivity index (χ0) is 50.6. The first-order valence-corrected chi connectivity index (χ1v) is 23.6. The zero-order valence-electron chi connectivity index (χ0n) is 38.3. The molecule has 2 aliphatic rings. The molecule has 2 saturated carbocycles. The molecule has 2 aliphatic carbocycles. The Bertz CT molecular complexity index is 2790. The molecule has 2 fully saturated rings. The predicted octanol–water partition coefficient (Wildman–Crippen LogP) is 8.63. The molecule has 5 aromatic rings. The number of benzene rings is 4. The summed E-state index contributed by atoms with van der Waals surface area (Å²) in [5, 5.41) is 20.9. The lowest BCUT2D eigenvalue weighted by Gasteiger charge is -2.26. The summed E-state index contributed by atoms with van der Waals surface area (Å²) < 4.78 is 39.4. The summed E-state index contributed by atoms with van der Waals surface area (Å²) in [7, 11) is 0. The van der Waals surface area contributed by atoms with Gasteiger partial charge in [-0.15, -0.1) is 11.3 Å². The summed E-state index contributed by atoms with van der Waals surface area (Å²) in [6.07, 6.45) is 3.03. The number of carbonyl (C=O) groups is 7. The number of esters is 6. The van der Waals surface area contributed by atoms with Crippen LogP contribution in [0.4, 0.5) is 5.69 Å². The fourth-order valence-electron chi connectivity index (χ4n) is 7.96. The van der Waals surface area contributed by atoms with Crippen molar-refractivity contribution >= 4 is 69.0 Å². The molecular formula is C51H48N2O17S. The van der Waals surface area contributed by atoms with Gasteiger partial charge in [0.2, 0.25) is 0 Å². The minimum Gasteiger partial charge on any atom is -0.490 e. The molecule has 1 heterocycles. The number of nitro groups is 1. The van der Waals surface area contributed by atoms with Crippen molar-refractivity contribution in [3.05, 3.63) is 113 Å². The number of ether oxygens (including phenoxy) is 7. The quantitative estimate of drug-likeness (QED) is 0.0267. The number of fused-ring (bicyclic) bond motifs is 1. The SMILES string of the molecule is C=CC(=O)OCC(COc1ccc(OC(=O)C2CCC(C(=O)Oc3ccc(OC(=O)C4CCC(C(=O)Oc5ccc(C(=O)O)cc5)CC4)c4nc(-c5ccc([N+](=O)[O-])cc5)sc34)CC2)cc1)OC(=O)CC. The van der Waals surface area contributed by atoms with E-state index in [-0.39, 0.29) is 59.4 Å². The maximum atomic E-state index is 13.7. The Morgan fingerprint density at radius 1 is 0.690 bits per heavy atom. The van der Waals surface area contributed by atoms with Crippen LogP contribution in [0.2, 0.25) is 0 Å². The van der Waals surface area contributed by atoms with Crippen LogP contribution in [0.5, 0.6) is 28.7 Å². The zero-order valence-corrected chi connectivity index (χ0v) is 39.1. The van der Waals surface area contributed by atoms with Crippen molar-refractivity contribution in [2.75, 3.05) is 13.2 Å². The smallest absolute Gasteiger partial charge is 0.335 e. The average Bonchev–Trinajstić information content (AvgIpc) is 3.85. The van der Waals surface area contributed by atoms with Crippen LogP contribution < -0.4 is 23.7 Å². The van der Waals surface area contributed by atoms with E-state index in [4.69, 9.17) is 43.2 Å². The van der Waals surface area contributed by atoms with Crippen molar-refractivity contribution in [1.82, 2.24) is 4.98 Å². The van der Waals surface area contributed by atoms with Gasteiger partial charge in [-0.3, -0.25) is 34.1 Å². The van der Waals surface area contributed by atoms with Crippen LogP contribution in [0.15, 0.2) is 97.6 Å². The lowest BCUT2D eigenvalue weighted by molar-refractivity contribution is -0.384. The van der Waals surface area contributed by atoms with Crippen LogP contribution in [0, 0.1) is 33.8 Å². The Kier molecular flexibility index (Phi) is 16.9. The summed E-state index contributed by atoms with van der Waals surface area (Å²) in [5.41, 5.74) is 0.702. The Morgan fingerprint density at radius 3 is 1.66 bits per heavy atom. The van der Waals surface area contributed by atoms with E-state index in [1.54, 1.807) is 31.2 Å². The fraction of sp³-hybridized carbons (Fsp3) is 0.333. The van der Waals surface area contributed by atoms with Crippen molar-refractivity contribution in [3.63, 3.8) is 0 Å². The van der Waals surface area contributed by atoms with Crippen molar-refractivity contribution in [3.8, 4) is 39.3 Å². The van der Waals surface area contributed by atoms with Crippen LogP contribution in [0.1, 0.15) is 75.1 Å². The van der Waals surface area contributed by atoms with E-state index in [0.29, 0.717) is 72.4 Å². The molecule has 0 radical (unpaired) electrons. The van der Waals surface area contributed by atoms with Gasteiger partial charge in [0.1, 0.15) is 45.7 Å². The third-order valence-corrected chi connectivity index (χ3v) is 13.1. The molecule has 0 aliphatic heterocycles. The second-order valence-corrected chi connectivity index (χ2v) is 17.8. The van der Waals surface area contributed by atoms with Gasteiger partial charge in [-0.2, -0.15) is 0 Å². The van der Waals surface area contributed by atoms with Gasteiger partial charge >= 0.3 is 41.8 Å². The monoisotopic (exact) mass is 992 g/mol. The highest BCUT2D eigenvalue weighted by atomic mass is 32.1. The number of thiazole rings is 1. The summed E-state index contributed by atoms with van der Waals surface area (Å²) >= 11 is 1.14. The highest BCUT2D eigenvalue weighted by Gasteiger charge is 2.35. The summed E-state index contributed by atoms with van der Waals surface area (Å²) in [6.45, 7) is 4.63. The Morgan fingerprint density at radius 2 is 1.17 bits per heavy atom. The van der Waals surface area contributed by atoms with Crippen molar-refractivity contribution in [2.45, 2.75) is 70.8 Å². The number of aromatic nitrogens is 1. The van der Waals surface area contributed by atoms with Gasteiger partial charge in [-0.1, -0.05) is 13.5 Å². The van der Waals surface area contributed by atoms with Gasteiger partial charge in [0.05, 0.1) is 34.2 Å². The number of hydrogen-bond donors (Lipinski definition) is 1. The number of carbonyl (C=O) groups excluding carboxylic acids is 6. The Hall–Kier alpha value is -8.00. The third-order valence-electron chi connectivity index (χ3n) is 12.0. The standard InChI is InChI=1S/C51H48N2O17S/c1-3-42(54)65-28-39(66-43(55)4-2)27-64-36-21-23-38(24-22-36)68-49(59)32-7-11-34(12-8-32)51(61)70-41-26-25-40(44-45(41)71-46(52-44)29-13-17-35(18-14-29)53(62)63)69-50(60)33-9-5-31(6-10-33)48(58)67-37-19-15-30(16-20-37)47(56)57/h3,13-26,31-34,39H,1,4-12,27-28H2,2H3,(H,56,57). The molecule has 71 heavy (non-hydrogen) atoms. The van der Waals surface area contributed by atoms with Crippen LogP contribution in [0.25, 0.3) is 20.8 Å². The normalized spacial score (nSPS) is 17.9. The molecule has 0 spiro atoms. The number of carboxylic acids is 1. The van der Waals surface area contributed by atoms with Crippen LogP contribution in [-0.2, 0) is 38.2 Å². The lowest BCUT2D eigenvalue weighted by Crippen LogP contribution is -2.30. The molecule has 1 N–H and O–H groups in total. The minimum absolute atomic E-state index is 0.0553. The van der Waals surface area contributed by atoms with E-state index in [2.05, 4.69) is 6.58 Å². The predicted molar refractivity (Wildman–Crippen MR) is 252 cm³/mol. The molecule has 19 nitrogen and oxygen atoms in total. The van der Waals surface area contributed by atoms with Crippen LogP contribution in [-0.4, -0.2) is 76.1 Å². The van der Waals surface area contributed by atoms with E-state index >= 15 is 0 Å². The molecule has 20 heteroatoms. The highest BCUT2D eigenvalue weighted by Crippen LogP contribution is 2.43. The second kappa shape index (κ2) is 23.5. The molecule has 0 saturated heterocycles. The Balaban J connectivity index is 0.948. The first kappa shape index (κ1) is 50.9. The van der Waals surface area contributed by atoms with Crippen molar-refractivity contribution < 1.29 is 76.7 Å². The fourth-order valence-corrected chi connectivity index (χ4v) is 9.00. The molecule has 1 aromatic heterocycles. The number of nitro benzene ring substituents is 1. The maximum absolute atomic E-state index is 13.7. The van der Waals surface area contributed by atoms with E-state index in [0.717, 1.165) is 17.4 Å². The lowest BCUT2D eigenvalue weighted by atomic mass is 9.82. The van der Waals surface area contributed by atoms with Gasteiger partial charge in [-0.05, 0) is 124 Å². The number of carboxylic acid groups (broad SMARTS) is 1. The van der Waals surface area contributed by atoms with Crippen molar-refractivity contribution in [2.24, 2.45) is 23.7 Å². The number of rotatable bonds is 19. The molecule has 1 unspecified atom stereocenters. The topological polar surface area (TPSA) is 260 Å². The van der Waals surface area contributed by atoms with Crippen LogP contribution >= 0.6 is 11.3 Å². The maximum Gasteiger partial charge on any atom is 0.335 e. The average molecular weight is 993 g/mol. The Labute approximate surface area is 409 Å². The summed E-state index contributed by atoms with van der Waals surface area (Å²) in [5.74, 6) is -5.21. The van der Waals surface area contributed by atoms with Crippen molar-refractivity contribution in [1.29, 1.82) is 0 Å². The summed E-state index contributed by atoms with van der Waals surface area (Å²) in [4.78, 5) is 103. The molecular weight excluding hydrogens is 945 g/mol. The van der Waals surface area contributed by atoms with Gasteiger partial charge in [-0.25, -0.2) is 14.6 Å². The highest BCUT2D eigenvalue weighted by molar-refractivity contribution is 7.22. The molecule has 0 amide bonds. The van der Waals surface area contributed by atoms with E-state index in [1.807, 2.05) is 0 Å². The largest absolute Gasteiger partial charge is 0.490 e. The summed E-state index contributed by atoms with van der Waals surface area (Å²) in [6, 6.07) is 20.5. The van der Waals surface area contributed by atoms with Gasteiger partial charge in [0.15, 0.2) is 17.6 Å².